The molecule has 1 heterocycles. The van der Waals surface area contributed by atoms with Crippen molar-refractivity contribution in [3.63, 3.8) is 0 Å². The second kappa shape index (κ2) is 7.17. The van der Waals surface area contributed by atoms with Crippen LogP contribution in [0.15, 0.2) is 48.7 Å². The third-order valence-corrected chi connectivity index (χ3v) is 3.94. The Balaban J connectivity index is 1.60. The molecular formula is C19H19N3O3. The van der Waals surface area contributed by atoms with Crippen LogP contribution in [0.25, 0.3) is 10.9 Å². The highest BCUT2D eigenvalue weighted by Gasteiger charge is 2.08. The van der Waals surface area contributed by atoms with E-state index in [4.69, 9.17) is 0 Å². The zero-order chi connectivity index (χ0) is 17.8. The van der Waals surface area contributed by atoms with Gasteiger partial charge < -0.3 is 10.1 Å². The monoisotopic (exact) mass is 337 g/mol. The summed E-state index contributed by atoms with van der Waals surface area (Å²) in [5.41, 5.74) is 3.28. The van der Waals surface area contributed by atoms with Crippen LogP contribution in [0.3, 0.4) is 0 Å². The fraction of sp³-hybridized carbons (Fsp3) is 0.211. The third-order valence-electron chi connectivity index (χ3n) is 3.94. The van der Waals surface area contributed by atoms with Gasteiger partial charge in [-0.15, -0.1) is 0 Å². The molecule has 6 nitrogen and oxygen atoms in total. The van der Waals surface area contributed by atoms with E-state index in [1.54, 1.807) is 24.3 Å². The minimum atomic E-state index is -0.404. The van der Waals surface area contributed by atoms with Gasteiger partial charge in [0.2, 0.25) is 5.91 Å². The van der Waals surface area contributed by atoms with Gasteiger partial charge in [-0.1, -0.05) is 11.6 Å². The van der Waals surface area contributed by atoms with E-state index in [0.717, 1.165) is 10.9 Å². The number of aryl methyl sites for hydroxylation is 2. The van der Waals surface area contributed by atoms with Gasteiger partial charge in [0.25, 0.3) is 0 Å². The standard InChI is InChI=1S/C19H19N3O3/c1-13-3-8-17-15(11-13)12-20-22(17)10-9-18(23)21-16-6-4-14(5-7-16)19(24)25-2/h3-8,11-12H,9-10H2,1-2H3,(H,21,23). The van der Waals surface area contributed by atoms with E-state index in [9.17, 15) is 9.59 Å². The Morgan fingerprint density at radius 1 is 1.16 bits per heavy atom. The number of benzene rings is 2. The van der Waals surface area contributed by atoms with E-state index in [0.29, 0.717) is 24.2 Å². The van der Waals surface area contributed by atoms with Crippen LogP contribution in [-0.2, 0) is 16.1 Å². The molecule has 1 amide bonds. The van der Waals surface area contributed by atoms with Crippen molar-refractivity contribution in [2.24, 2.45) is 0 Å². The zero-order valence-electron chi connectivity index (χ0n) is 14.2. The van der Waals surface area contributed by atoms with E-state index in [2.05, 4.69) is 21.2 Å². The number of methoxy groups -OCH3 is 1. The molecule has 0 saturated heterocycles. The van der Waals surface area contributed by atoms with Crippen molar-refractivity contribution in [1.82, 2.24) is 9.78 Å². The first-order valence-corrected chi connectivity index (χ1v) is 7.97. The van der Waals surface area contributed by atoms with Gasteiger partial charge in [-0.2, -0.15) is 5.10 Å². The van der Waals surface area contributed by atoms with Crippen LogP contribution in [0.4, 0.5) is 5.69 Å². The Morgan fingerprint density at radius 2 is 1.92 bits per heavy atom. The lowest BCUT2D eigenvalue weighted by molar-refractivity contribution is -0.116. The van der Waals surface area contributed by atoms with Crippen LogP contribution in [0, 0.1) is 6.92 Å². The summed E-state index contributed by atoms with van der Waals surface area (Å²) in [6.45, 7) is 2.54. The van der Waals surface area contributed by atoms with Crippen LogP contribution in [-0.4, -0.2) is 28.8 Å². The minimum absolute atomic E-state index is 0.110. The van der Waals surface area contributed by atoms with Crippen molar-refractivity contribution in [3.8, 4) is 0 Å². The van der Waals surface area contributed by atoms with Crippen molar-refractivity contribution >= 4 is 28.5 Å². The van der Waals surface area contributed by atoms with Crippen molar-refractivity contribution in [1.29, 1.82) is 0 Å². The predicted molar refractivity (Wildman–Crippen MR) is 95.5 cm³/mol. The average molecular weight is 337 g/mol. The second-order valence-corrected chi connectivity index (χ2v) is 5.80. The van der Waals surface area contributed by atoms with E-state index in [1.807, 2.05) is 29.9 Å². The van der Waals surface area contributed by atoms with Crippen molar-refractivity contribution in [2.75, 3.05) is 12.4 Å². The fourth-order valence-electron chi connectivity index (χ4n) is 2.62. The largest absolute Gasteiger partial charge is 0.465 e. The molecule has 1 aromatic heterocycles. The Morgan fingerprint density at radius 3 is 2.64 bits per heavy atom. The lowest BCUT2D eigenvalue weighted by atomic mass is 10.2. The normalized spacial score (nSPS) is 10.6. The molecule has 0 fully saturated rings. The minimum Gasteiger partial charge on any atom is -0.465 e. The van der Waals surface area contributed by atoms with Gasteiger partial charge in [0.15, 0.2) is 0 Å². The molecule has 0 aliphatic heterocycles. The molecule has 3 aromatic rings. The van der Waals surface area contributed by atoms with Gasteiger partial charge in [0.05, 0.1) is 30.9 Å². The summed E-state index contributed by atoms with van der Waals surface area (Å²) < 4.78 is 6.47. The molecule has 0 unspecified atom stereocenters. The van der Waals surface area contributed by atoms with Crippen molar-refractivity contribution in [2.45, 2.75) is 19.9 Å². The maximum Gasteiger partial charge on any atom is 0.337 e. The molecule has 25 heavy (non-hydrogen) atoms. The van der Waals surface area contributed by atoms with Gasteiger partial charge in [-0.3, -0.25) is 9.48 Å². The fourth-order valence-corrected chi connectivity index (χ4v) is 2.62. The quantitative estimate of drug-likeness (QED) is 0.726. The Labute approximate surface area is 145 Å². The average Bonchev–Trinajstić information content (AvgIpc) is 3.02. The summed E-state index contributed by atoms with van der Waals surface area (Å²) >= 11 is 0. The van der Waals surface area contributed by atoms with E-state index >= 15 is 0 Å². The molecule has 0 spiro atoms. The number of nitrogens with zero attached hydrogens (tertiary/aromatic N) is 2. The maximum atomic E-state index is 12.1. The van der Waals surface area contributed by atoms with Gasteiger partial charge in [0, 0.05) is 17.5 Å². The Bertz CT molecular complexity index is 913. The maximum absolute atomic E-state index is 12.1. The molecule has 0 bridgehead atoms. The topological polar surface area (TPSA) is 73.2 Å². The number of hydrogen-bond donors (Lipinski definition) is 1. The number of ether oxygens (including phenoxy) is 1. The molecule has 3 rings (SSSR count). The number of rotatable bonds is 5. The first-order valence-electron chi connectivity index (χ1n) is 7.97. The molecule has 6 heteroatoms. The van der Waals surface area contributed by atoms with Gasteiger partial charge >= 0.3 is 5.97 Å². The first-order chi connectivity index (χ1) is 12.1. The van der Waals surface area contributed by atoms with Gasteiger partial charge in [0.1, 0.15) is 0 Å². The number of carbonyl (C=O) groups is 2. The molecular weight excluding hydrogens is 318 g/mol. The predicted octanol–water partition coefficient (Wildman–Crippen LogP) is 3.16. The van der Waals surface area contributed by atoms with Crippen LogP contribution in [0.5, 0.6) is 0 Å². The van der Waals surface area contributed by atoms with Gasteiger partial charge in [-0.05, 0) is 43.3 Å². The summed E-state index contributed by atoms with van der Waals surface area (Å²) in [7, 11) is 1.33. The highest BCUT2D eigenvalue weighted by atomic mass is 16.5. The SMILES string of the molecule is COC(=O)c1ccc(NC(=O)CCn2ncc3cc(C)ccc32)cc1. The number of esters is 1. The van der Waals surface area contributed by atoms with Crippen LogP contribution in [0.2, 0.25) is 0 Å². The van der Waals surface area contributed by atoms with Crippen LogP contribution >= 0.6 is 0 Å². The van der Waals surface area contributed by atoms with E-state index in [1.165, 1.54) is 12.7 Å². The highest BCUT2D eigenvalue weighted by Crippen LogP contribution is 2.16. The summed E-state index contributed by atoms with van der Waals surface area (Å²) in [6.07, 6.45) is 2.12. The summed E-state index contributed by atoms with van der Waals surface area (Å²) in [4.78, 5) is 23.5. The number of amides is 1. The molecule has 128 valence electrons. The van der Waals surface area contributed by atoms with Crippen molar-refractivity contribution in [3.05, 3.63) is 59.8 Å². The smallest absolute Gasteiger partial charge is 0.337 e. The number of aromatic nitrogens is 2. The highest BCUT2D eigenvalue weighted by molar-refractivity contribution is 5.93. The summed E-state index contributed by atoms with van der Waals surface area (Å²) in [6, 6.07) is 12.7. The Hall–Kier alpha value is -3.15. The lowest BCUT2D eigenvalue weighted by Gasteiger charge is -2.07. The molecule has 0 saturated carbocycles. The molecule has 2 aromatic carbocycles. The molecule has 1 N–H and O–H groups in total. The zero-order valence-corrected chi connectivity index (χ0v) is 14.2. The number of hydrogen-bond acceptors (Lipinski definition) is 4. The number of fused-ring (bicyclic) bond motifs is 1. The van der Waals surface area contributed by atoms with E-state index in [-0.39, 0.29) is 5.91 Å². The molecule has 0 radical (unpaired) electrons. The van der Waals surface area contributed by atoms with Crippen LogP contribution in [0.1, 0.15) is 22.3 Å². The van der Waals surface area contributed by atoms with Crippen molar-refractivity contribution < 1.29 is 14.3 Å². The molecule has 0 aliphatic carbocycles. The Kier molecular flexibility index (Phi) is 4.79. The van der Waals surface area contributed by atoms with Crippen LogP contribution < -0.4 is 5.32 Å². The third kappa shape index (κ3) is 3.85. The lowest BCUT2D eigenvalue weighted by Crippen LogP contribution is -2.15. The summed E-state index contributed by atoms with van der Waals surface area (Å²) in [5, 5.41) is 8.22. The summed E-state index contributed by atoms with van der Waals surface area (Å²) in [5.74, 6) is -0.514. The molecule has 0 aliphatic rings. The number of carbonyl (C=O) groups excluding carboxylic acids is 2. The first kappa shape index (κ1) is 16.7. The number of anilines is 1. The van der Waals surface area contributed by atoms with Gasteiger partial charge in [-0.25, -0.2) is 4.79 Å². The van der Waals surface area contributed by atoms with E-state index < -0.39 is 5.97 Å². The molecule has 0 atom stereocenters. The second-order valence-electron chi connectivity index (χ2n) is 5.80. The number of nitrogens with one attached hydrogen (secondary N) is 1.